The highest BCUT2D eigenvalue weighted by Gasteiger charge is 2.10. The summed E-state index contributed by atoms with van der Waals surface area (Å²) in [5, 5.41) is 8.90. The van der Waals surface area contributed by atoms with Crippen molar-refractivity contribution in [3.05, 3.63) is 34.6 Å². The Labute approximate surface area is 127 Å². The molecule has 2 rings (SSSR count). The van der Waals surface area contributed by atoms with Gasteiger partial charge in [0, 0.05) is 0 Å². The number of aryl methyl sites for hydroxylation is 1. The van der Waals surface area contributed by atoms with E-state index in [0.717, 1.165) is 12.0 Å². The zero-order chi connectivity index (χ0) is 15.2. The molecule has 0 fully saturated rings. The summed E-state index contributed by atoms with van der Waals surface area (Å²) >= 11 is 5.82. The predicted molar refractivity (Wildman–Crippen MR) is 76.6 cm³/mol. The fourth-order valence-electron chi connectivity index (χ4n) is 1.50. The second-order valence-electron chi connectivity index (χ2n) is 4.21. The fourth-order valence-corrected chi connectivity index (χ4v) is 1.64. The molecule has 0 bridgehead atoms. The van der Waals surface area contributed by atoms with Crippen LogP contribution in [0.4, 0.5) is 0 Å². The van der Waals surface area contributed by atoms with E-state index in [9.17, 15) is 0 Å². The van der Waals surface area contributed by atoms with Gasteiger partial charge in [0.2, 0.25) is 5.28 Å². The van der Waals surface area contributed by atoms with Gasteiger partial charge in [-0.3, -0.25) is 0 Å². The quantitative estimate of drug-likeness (QED) is 0.843. The summed E-state index contributed by atoms with van der Waals surface area (Å²) in [6.45, 7) is 4.30. The summed E-state index contributed by atoms with van der Waals surface area (Å²) in [6, 6.07) is 7.29. The largest absolute Gasteiger partial charge is 0.463 e. The van der Waals surface area contributed by atoms with Gasteiger partial charge >= 0.3 is 12.0 Å². The number of nitriles is 1. The van der Waals surface area contributed by atoms with E-state index in [2.05, 4.69) is 15.0 Å². The van der Waals surface area contributed by atoms with Crippen LogP contribution in [0, 0.1) is 18.3 Å². The van der Waals surface area contributed by atoms with Crippen LogP contribution in [0.5, 0.6) is 17.8 Å². The van der Waals surface area contributed by atoms with Crippen LogP contribution in [-0.4, -0.2) is 21.6 Å². The first-order valence-electron chi connectivity index (χ1n) is 6.35. The van der Waals surface area contributed by atoms with Crippen LogP contribution in [0.25, 0.3) is 0 Å². The van der Waals surface area contributed by atoms with Crippen LogP contribution in [0.1, 0.15) is 24.5 Å². The molecule has 0 aliphatic heterocycles. The van der Waals surface area contributed by atoms with Crippen molar-refractivity contribution in [1.29, 1.82) is 5.26 Å². The molecular weight excluding hydrogens is 292 g/mol. The zero-order valence-corrected chi connectivity index (χ0v) is 12.4. The van der Waals surface area contributed by atoms with Crippen molar-refractivity contribution in [2.75, 3.05) is 6.61 Å². The van der Waals surface area contributed by atoms with Gasteiger partial charge in [0.25, 0.3) is 0 Å². The lowest BCUT2D eigenvalue weighted by Crippen LogP contribution is -2.03. The molecule has 2 aromatic rings. The summed E-state index contributed by atoms with van der Waals surface area (Å²) < 4.78 is 10.9. The molecule has 0 aliphatic rings. The Morgan fingerprint density at radius 2 is 2.00 bits per heavy atom. The zero-order valence-electron chi connectivity index (χ0n) is 11.6. The van der Waals surface area contributed by atoms with Crippen molar-refractivity contribution in [2.45, 2.75) is 20.3 Å². The number of aromatic nitrogens is 3. The summed E-state index contributed by atoms with van der Waals surface area (Å²) in [5.41, 5.74) is 1.33. The van der Waals surface area contributed by atoms with Crippen molar-refractivity contribution in [2.24, 2.45) is 0 Å². The first-order chi connectivity index (χ1) is 10.1. The van der Waals surface area contributed by atoms with Crippen molar-refractivity contribution in [3.63, 3.8) is 0 Å². The summed E-state index contributed by atoms with van der Waals surface area (Å²) in [6.07, 6.45) is 0.822. The van der Waals surface area contributed by atoms with Crippen LogP contribution in [0.2, 0.25) is 5.28 Å². The molecule has 6 nitrogen and oxygen atoms in total. The van der Waals surface area contributed by atoms with E-state index in [4.69, 9.17) is 26.3 Å². The Kier molecular flexibility index (Phi) is 4.90. The first kappa shape index (κ1) is 15.0. The second-order valence-corrected chi connectivity index (χ2v) is 4.55. The van der Waals surface area contributed by atoms with E-state index in [1.165, 1.54) is 0 Å². The van der Waals surface area contributed by atoms with Gasteiger partial charge < -0.3 is 9.47 Å². The maximum Gasteiger partial charge on any atom is 0.329 e. The molecule has 0 radical (unpaired) electrons. The third-order valence-corrected chi connectivity index (χ3v) is 2.69. The average Bonchev–Trinajstić information content (AvgIpc) is 2.47. The third-order valence-electron chi connectivity index (χ3n) is 2.52. The third kappa shape index (κ3) is 4.04. The van der Waals surface area contributed by atoms with E-state index < -0.39 is 0 Å². The van der Waals surface area contributed by atoms with Crippen LogP contribution in [-0.2, 0) is 0 Å². The van der Waals surface area contributed by atoms with E-state index in [0.29, 0.717) is 17.9 Å². The van der Waals surface area contributed by atoms with Crippen molar-refractivity contribution in [1.82, 2.24) is 15.0 Å². The van der Waals surface area contributed by atoms with E-state index in [1.54, 1.807) is 18.2 Å². The molecular formula is C14H13ClN4O2. The Morgan fingerprint density at radius 1 is 1.24 bits per heavy atom. The van der Waals surface area contributed by atoms with Crippen LogP contribution in [0.3, 0.4) is 0 Å². The average molecular weight is 305 g/mol. The molecule has 21 heavy (non-hydrogen) atoms. The summed E-state index contributed by atoms with van der Waals surface area (Å²) in [4.78, 5) is 11.8. The smallest absolute Gasteiger partial charge is 0.329 e. The van der Waals surface area contributed by atoms with E-state index in [-0.39, 0.29) is 17.3 Å². The highest BCUT2D eigenvalue weighted by atomic mass is 35.5. The highest BCUT2D eigenvalue weighted by Crippen LogP contribution is 2.25. The molecule has 1 aromatic heterocycles. The molecule has 7 heteroatoms. The summed E-state index contributed by atoms with van der Waals surface area (Å²) in [7, 11) is 0. The molecule has 0 spiro atoms. The standard InChI is InChI=1S/C14H13ClN4O2/c1-3-6-20-13-17-12(15)18-14(19-13)21-11-7-10(8-16)5-4-9(11)2/h4-5,7H,3,6H2,1-2H3. The highest BCUT2D eigenvalue weighted by molar-refractivity contribution is 6.28. The molecule has 1 heterocycles. The van der Waals surface area contributed by atoms with Gasteiger partial charge in [0.15, 0.2) is 0 Å². The van der Waals surface area contributed by atoms with Gasteiger partial charge in [-0.15, -0.1) is 4.98 Å². The Balaban J connectivity index is 2.27. The molecule has 0 atom stereocenters. The number of halogens is 1. The van der Waals surface area contributed by atoms with Gasteiger partial charge in [0.1, 0.15) is 5.75 Å². The molecule has 0 saturated carbocycles. The number of ether oxygens (including phenoxy) is 2. The van der Waals surface area contributed by atoms with Gasteiger partial charge in [0.05, 0.1) is 18.2 Å². The number of rotatable bonds is 5. The van der Waals surface area contributed by atoms with Gasteiger partial charge in [-0.25, -0.2) is 0 Å². The lowest BCUT2D eigenvalue weighted by atomic mass is 10.1. The topological polar surface area (TPSA) is 80.9 Å². The molecule has 0 aliphatic carbocycles. The lowest BCUT2D eigenvalue weighted by molar-refractivity contribution is 0.284. The van der Waals surface area contributed by atoms with Gasteiger partial charge in [-0.05, 0) is 42.6 Å². The fraction of sp³-hybridized carbons (Fsp3) is 0.286. The Hall–Kier alpha value is -2.39. The van der Waals surface area contributed by atoms with Crippen LogP contribution in [0.15, 0.2) is 18.2 Å². The molecule has 0 saturated heterocycles. The number of hydrogen-bond donors (Lipinski definition) is 0. The Bertz CT molecular complexity index is 685. The predicted octanol–water partition coefficient (Wildman–Crippen LogP) is 3.29. The molecule has 108 valence electrons. The van der Waals surface area contributed by atoms with E-state index in [1.807, 2.05) is 19.9 Å². The second kappa shape index (κ2) is 6.86. The normalized spacial score (nSPS) is 10.0. The number of hydrogen-bond acceptors (Lipinski definition) is 6. The monoisotopic (exact) mass is 304 g/mol. The van der Waals surface area contributed by atoms with Crippen LogP contribution >= 0.6 is 11.6 Å². The van der Waals surface area contributed by atoms with Gasteiger partial charge in [-0.1, -0.05) is 13.0 Å². The minimum atomic E-state index is -0.0137. The van der Waals surface area contributed by atoms with Crippen molar-refractivity contribution < 1.29 is 9.47 Å². The number of benzene rings is 1. The lowest BCUT2D eigenvalue weighted by Gasteiger charge is -2.08. The minimum absolute atomic E-state index is 0.0137. The molecule has 1 aromatic carbocycles. The van der Waals surface area contributed by atoms with Crippen molar-refractivity contribution >= 4 is 11.6 Å². The number of nitrogens with zero attached hydrogens (tertiary/aromatic N) is 4. The maximum atomic E-state index is 8.92. The maximum absolute atomic E-state index is 8.92. The van der Waals surface area contributed by atoms with Gasteiger partial charge in [-0.2, -0.15) is 15.2 Å². The minimum Gasteiger partial charge on any atom is -0.463 e. The summed E-state index contributed by atoms with van der Waals surface area (Å²) in [5.74, 6) is 0.484. The molecule has 0 N–H and O–H groups in total. The first-order valence-corrected chi connectivity index (χ1v) is 6.73. The SMILES string of the molecule is CCCOc1nc(Cl)nc(Oc2cc(C#N)ccc2C)n1. The Morgan fingerprint density at radius 3 is 2.71 bits per heavy atom. The van der Waals surface area contributed by atoms with E-state index >= 15 is 0 Å². The van der Waals surface area contributed by atoms with Crippen LogP contribution < -0.4 is 9.47 Å². The van der Waals surface area contributed by atoms with Crippen molar-refractivity contribution in [3.8, 4) is 23.8 Å². The molecule has 0 amide bonds. The molecule has 0 unspecified atom stereocenters.